The van der Waals surface area contributed by atoms with Gasteiger partial charge in [0.05, 0.1) is 12.3 Å². The number of rotatable bonds is 5. The first-order valence-electron chi connectivity index (χ1n) is 7.70. The van der Waals surface area contributed by atoms with Crippen molar-refractivity contribution in [2.24, 2.45) is 11.7 Å². The van der Waals surface area contributed by atoms with Gasteiger partial charge in [-0.05, 0) is 30.5 Å². The van der Waals surface area contributed by atoms with Crippen LogP contribution >= 0.6 is 0 Å². The lowest BCUT2D eigenvalue weighted by Crippen LogP contribution is -2.46. The number of piperidine rings is 1. The molecule has 0 radical (unpaired) electrons. The van der Waals surface area contributed by atoms with E-state index >= 15 is 0 Å². The standard InChI is InChI=1S/C16H21F2N3O2/c17-13-4-3-11(8-14(13)18)9-15(22)21-7-1-2-12(10-21)16(23)20-6-5-19/h3-4,8,12H,1-2,5-7,9-10,19H2,(H,20,23). The van der Waals surface area contributed by atoms with Crippen LogP contribution < -0.4 is 11.1 Å². The zero-order chi connectivity index (χ0) is 16.8. The Balaban J connectivity index is 1.93. The molecule has 0 bridgehead atoms. The highest BCUT2D eigenvalue weighted by molar-refractivity contribution is 5.82. The predicted molar refractivity (Wildman–Crippen MR) is 81.4 cm³/mol. The van der Waals surface area contributed by atoms with Gasteiger partial charge < -0.3 is 16.0 Å². The number of carbonyl (C=O) groups is 2. The fourth-order valence-corrected chi connectivity index (χ4v) is 2.69. The number of hydrogen-bond donors (Lipinski definition) is 2. The second-order valence-corrected chi connectivity index (χ2v) is 5.68. The summed E-state index contributed by atoms with van der Waals surface area (Å²) in [5.74, 6) is -2.43. The smallest absolute Gasteiger partial charge is 0.227 e. The number of likely N-dealkylation sites (tertiary alicyclic amines) is 1. The average Bonchev–Trinajstić information content (AvgIpc) is 2.56. The molecule has 1 aromatic rings. The highest BCUT2D eigenvalue weighted by Gasteiger charge is 2.28. The quantitative estimate of drug-likeness (QED) is 0.842. The number of carbonyl (C=O) groups excluding carboxylic acids is 2. The summed E-state index contributed by atoms with van der Waals surface area (Å²) in [7, 11) is 0. The van der Waals surface area contributed by atoms with Crippen LogP contribution in [0.4, 0.5) is 8.78 Å². The number of halogens is 2. The van der Waals surface area contributed by atoms with E-state index in [1.165, 1.54) is 6.07 Å². The number of nitrogens with zero attached hydrogens (tertiary/aromatic N) is 1. The third kappa shape index (κ3) is 4.72. The number of nitrogens with one attached hydrogen (secondary N) is 1. The van der Waals surface area contributed by atoms with Crippen LogP contribution in [0.15, 0.2) is 18.2 Å². The third-order valence-electron chi connectivity index (χ3n) is 3.93. The number of hydrogen-bond acceptors (Lipinski definition) is 3. The minimum absolute atomic E-state index is 0.00562. The summed E-state index contributed by atoms with van der Waals surface area (Å²) >= 11 is 0. The van der Waals surface area contributed by atoms with Gasteiger partial charge >= 0.3 is 0 Å². The summed E-state index contributed by atoms with van der Waals surface area (Å²) in [6.07, 6.45) is 1.46. The van der Waals surface area contributed by atoms with Crippen molar-refractivity contribution in [3.05, 3.63) is 35.4 Å². The van der Waals surface area contributed by atoms with Gasteiger partial charge in [0, 0.05) is 26.2 Å². The molecule has 1 fully saturated rings. The summed E-state index contributed by atoms with van der Waals surface area (Å²) in [5.41, 5.74) is 5.77. The largest absolute Gasteiger partial charge is 0.355 e. The minimum Gasteiger partial charge on any atom is -0.355 e. The summed E-state index contributed by atoms with van der Waals surface area (Å²) in [4.78, 5) is 25.9. The maximum atomic E-state index is 13.2. The van der Waals surface area contributed by atoms with Crippen LogP contribution in [0.5, 0.6) is 0 Å². The molecule has 2 amide bonds. The van der Waals surface area contributed by atoms with E-state index in [-0.39, 0.29) is 24.2 Å². The highest BCUT2D eigenvalue weighted by Crippen LogP contribution is 2.18. The Morgan fingerprint density at radius 2 is 2.09 bits per heavy atom. The van der Waals surface area contributed by atoms with E-state index in [9.17, 15) is 18.4 Å². The van der Waals surface area contributed by atoms with Crippen molar-refractivity contribution >= 4 is 11.8 Å². The molecule has 7 heteroatoms. The number of amides is 2. The molecule has 0 saturated carbocycles. The molecule has 0 aromatic heterocycles. The van der Waals surface area contributed by atoms with E-state index in [4.69, 9.17) is 5.73 Å². The molecular weight excluding hydrogens is 304 g/mol. The Bertz CT molecular complexity index is 580. The van der Waals surface area contributed by atoms with Gasteiger partial charge in [-0.1, -0.05) is 6.07 Å². The Morgan fingerprint density at radius 1 is 1.30 bits per heavy atom. The molecule has 2 rings (SSSR count). The maximum Gasteiger partial charge on any atom is 0.227 e. The Labute approximate surface area is 133 Å². The fourth-order valence-electron chi connectivity index (χ4n) is 2.69. The van der Waals surface area contributed by atoms with Gasteiger partial charge in [0.25, 0.3) is 0 Å². The van der Waals surface area contributed by atoms with Gasteiger partial charge in [0.2, 0.25) is 11.8 Å². The van der Waals surface area contributed by atoms with Crippen LogP contribution in [-0.4, -0.2) is 42.9 Å². The third-order valence-corrected chi connectivity index (χ3v) is 3.93. The zero-order valence-corrected chi connectivity index (χ0v) is 12.9. The van der Waals surface area contributed by atoms with Gasteiger partial charge in [-0.25, -0.2) is 8.78 Å². The fraction of sp³-hybridized carbons (Fsp3) is 0.500. The van der Waals surface area contributed by atoms with Gasteiger partial charge in [-0.3, -0.25) is 9.59 Å². The second-order valence-electron chi connectivity index (χ2n) is 5.68. The molecule has 126 valence electrons. The zero-order valence-electron chi connectivity index (χ0n) is 12.9. The van der Waals surface area contributed by atoms with Crippen molar-refractivity contribution in [1.82, 2.24) is 10.2 Å². The molecule has 1 aromatic carbocycles. The van der Waals surface area contributed by atoms with Crippen LogP contribution in [0.25, 0.3) is 0 Å². The van der Waals surface area contributed by atoms with Crippen LogP contribution in [0.1, 0.15) is 18.4 Å². The van der Waals surface area contributed by atoms with E-state index in [0.29, 0.717) is 31.7 Å². The van der Waals surface area contributed by atoms with E-state index in [1.54, 1.807) is 4.90 Å². The van der Waals surface area contributed by atoms with E-state index in [2.05, 4.69) is 5.32 Å². The SMILES string of the molecule is NCCNC(=O)C1CCCN(C(=O)Cc2ccc(F)c(F)c2)C1. The second kappa shape index (κ2) is 8.01. The maximum absolute atomic E-state index is 13.2. The molecule has 1 aliphatic heterocycles. The molecule has 0 aliphatic carbocycles. The Morgan fingerprint density at radius 3 is 2.78 bits per heavy atom. The van der Waals surface area contributed by atoms with Gasteiger partial charge in [0.15, 0.2) is 11.6 Å². The first kappa shape index (κ1) is 17.3. The van der Waals surface area contributed by atoms with Gasteiger partial charge in [-0.15, -0.1) is 0 Å². The summed E-state index contributed by atoms with van der Waals surface area (Å²) in [6, 6.07) is 3.44. The first-order valence-corrected chi connectivity index (χ1v) is 7.70. The van der Waals surface area contributed by atoms with E-state index in [1.807, 2.05) is 0 Å². The summed E-state index contributed by atoms with van der Waals surface area (Å²) in [6.45, 7) is 1.71. The number of nitrogens with two attached hydrogens (primary N) is 1. The van der Waals surface area contributed by atoms with Crippen LogP contribution in [0.3, 0.4) is 0 Å². The number of benzene rings is 1. The minimum atomic E-state index is -0.965. The molecule has 1 heterocycles. The Kier molecular flexibility index (Phi) is 6.04. The predicted octanol–water partition coefficient (Wildman–Crippen LogP) is 0.821. The van der Waals surface area contributed by atoms with Crippen LogP contribution in [-0.2, 0) is 16.0 Å². The van der Waals surface area contributed by atoms with Crippen LogP contribution in [0.2, 0.25) is 0 Å². The summed E-state index contributed by atoms with van der Waals surface area (Å²) in [5, 5.41) is 2.73. The summed E-state index contributed by atoms with van der Waals surface area (Å²) < 4.78 is 26.1. The monoisotopic (exact) mass is 325 g/mol. The van der Waals surface area contributed by atoms with Crippen molar-refractivity contribution in [2.45, 2.75) is 19.3 Å². The van der Waals surface area contributed by atoms with E-state index in [0.717, 1.165) is 25.0 Å². The molecule has 1 aliphatic rings. The highest BCUT2D eigenvalue weighted by atomic mass is 19.2. The van der Waals surface area contributed by atoms with Crippen molar-refractivity contribution in [3.63, 3.8) is 0 Å². The van der Waals surface area contributed by atoms with Crippen molar-refractivity contribution < 1.29 is 18.4 Å². The molecular formula is C16H21F2N3O2. The first-order chi connectivity index (χ1) is 11.0. The molecule has 1 saturated heterocycles. The van der Waals surface area contributed by atoms with Crippen molar-refractivity contribution in [3.8, 4) is 0 Å². The molecule has 0 spiro atoms. The van der Waals surface area contributed by atoms with Crippen molar-refractivity contribution in [2.75, 3.05) is 26.2 Å². The normalized spacial score (nSPS) is 17.9. The topological polar surface area (TPSA) is 75.4 Å². The lowest BCUT2D eigenvalue weighted by molar-refractivity contribution is -0.135. The molecule has 1 atom stereocenters. The molecule has 3 N–H and O–H groups in total. The Hall–Kier alpha value is -2.02. The molecule has 23 heavy (non-hydrogen) atoms. The van der Waals surface area contributed by atoms with Crippen LogP contribution in [0, 0.1) is 17.6 Å². The van der Waals surface area contributed by atoms with Gasteiger partial charge in [0.1, 0.15) is 0 Å². The van der Waals surface area contributed by atoms with E-state index < -0.39 is 11.6 Å². The molecule has 5 nitrogen and oxygen atoms in total. The average molecular weight is 325 g/mol. The lowest BCUT2D eigenvalue weighted by Gasteiger charge is -2.32. The molecule has 1 unspecified atom stereocenters. The van der Waals surface area contributed by atoms with Crippen molar-refractivity contribution in [1.29, 1.82) is 0 Å². The lowest BCUT2D eigenvalue weighted by atomic mass is 9.96. The van der Waals surface area contributed by atoms with Gasteiger partial charge in [-0.2, -0.15) is 0 Å².